The summed E-state index contributed by atoms with van der Waals surface area (Å²) in [6, 6.07) is 7.36. The van der Waals surface area contributed by atoms with Crippen molar-refractivity contribution >= 4 is 11.9 Å². The van der Waals surface area contributed by atoms with E-state index in [0.29, 0.717) is 19.4 Å². The van der Waals surface area contributed by atoms with E-state index in [1.807, 2.05) is 31.2 Å². The number of carboxylic acids is 1. The Labute approximate surface area is 118 Å². The van der Waals surface area contributed by atoms with Crippen molar-refractivity contribution in [3.8, 4) is 5.75 Å². The molecule has 2 N–H and O–H groups in total. The number of hydrogen-bond donors (Lipinski definition) is 2. The Morgan fingerprint density at radius 3 is 2.70 bits per heavy atom. The fourth-order valence-electron chi connectivity index (χ4n) is 1.79. The van der Waals surface area contributed by atoms with Gasteiger partial charge < -0.3 is 15.2 Å². The van der Waals surface area contributed by atoms with Gasteiger partial charge in [-0.2, -0.15) is 0 Å². The molecule has 0 saturated carbocycles. The number of carbonyl (C=O) groups is 2. The summed E-state index contributed by atoms with van der Waals surface area (Å²) in [6.45, 7) is 4.11. The third-order valence-corrected chi connectivity index (χ3v) is 2.79. The summed E-state index contributed by atoms with van der Waals surface area (Å²) < 4.78 is 5.58. The summed E-state index contributed by atoms with van der Waals surface area (Å²) in [5, 5.41) is 11.2. The van der Waals surface area contributed by atoms with E-state index in [1.54, 1.807) is 6.92 Å². The van der Waals surface area contributed by atoms with Crippen molar-refractivity contribution in [2.24, 2.45) is 0 Å². The van der Waals surface area contributed by atoms with Crippen LogP contribution in [0.15, 0.2) is 24.3 Å². The van der Waals surface area contributed by atoms with E-state index in [4.69, 9.17) is 9.84 Å². The molecule has 5 heteroatoms. The van der Waals surface area contributed by atoms with E-state index in [9.17, 15) is 9.59 Å². The number of nitrogens with one attached hydrogen (secondary N) is 1. The third-order valence-electron chi connectivity index (χ3n) is 2.79. The Kier molecular flexibility index (Phi) is 6.56. The second-order valence-corrected chi connectivity index (χ2v) is 4.78. The van der Waals surface area contributed by atoms with E-state index in [2.05, 4.69) is 5.32 Å². The topological polar surface area (TPSA) is 75.6 Å². The van der Waals surface area contributed by atoms with Gasteiger partial charge in [0.15, 0.2) is 0 Å². The Morgan fingerprint density at radius 2 is 2.05 bits per heavy atom. The van der Waals surface area contributed by atoms with Gasteiger partial charge in [0.1, 0.15) is 5.75 Å². The maximum absolute atomic E-state index is 11.6. The molecule has 0 saturated heterocycles. The van der Waals surface area contributed by atoms with Gasteiger partial charge >= 0.3 is 5.97 Å². The van der Waals surface area contributed by atoms with Gasteiger partial charge in [-0.25, -0.2) is 0 Å². The van der Waals surface area contributed by atoms with E-state index in [-0.39, 0.29) is 18.4 Å². The number of carboxylic acid groups (broad SMARTS) is 1. The first-order chi connectivity index (χ1) is 9.49. The molecule has 0 radical (unpaired) electrons. The van der Waals surface area contributed by atoms with Crippen LogP contribution < -0.4 is 10.1 Å². The van der Waals surface area contributed by atoms with Crippen LogP contribution in [0.2, 0.25) is 0 Å². The molecule has 0 bridgehead atoms. The average molecular weight is 279 g/mol. The molecule has 1 aromatic carbocycles. The Balaban J connectivity index is 2.19. The first-order valence-electron chi connectivity index (χ1n) is 6.68. The first kappa shape index (κ1) is 16.0. The molecule has 20 heavy (non-hydrogen) atoms. The zero-order valence-corrected chi connectivity index (χ0v) is 11.9. The molecule has 1 amide bonds. The molecule has 0 heterocycles. The van der Waals surface area contributed by atoms with Crippen LogP contribution in [0.1, 0.15) is 31.7 Å². The SMILES string of the molecule is Cc1ccccc1OCCCC(=O)NC(C)CC(=O)O. The minimum Gasteiger partial charge on any atom is -0.493 e. The second-order valence-electron chi connectivity index (χ2n) is 4.78. The summed E-state index contributed by atoms with van der Waals surface area (Å²) in [5.41, 5.74) is 1.06. The standard InChI is InChI=1S/C15H21NO4/c1-11-6-3-4-7-13(11)20-9-5-8-14(17)16-12(2)10-15(18)19/h3-4,6-7,12H,5,8-10H2,1-2H3,(H,16,17)(H,18,19). The largest absolute Gasteiger partial charge is 0.493 e. The van der Waals surface area contributed by atoms with E-state index in [1.165, 1.54) is 0 Å². The maximum Gasteiger partial charge on any atom is 0.305 e. The maximum atomic E-state index is 11.6. The fraction of sp³-hybridized carbons (Fsp3) is 0.467. The predicted octanol–water partition coefficient (Wildman–Crippen LogP) is 2.13. The molecule has 0 aliphatic carbocycles. The molecule has 1 atom stereocenters. The smallest absolute Gasteiger partial charge is 0.305 e. The molecule has 110 valence electrons. The Morgan fingerprint density at radius 1 is 1.35 bits per heavy atom. The van der Waals surface area contributed by atoms with Gasteiger partial charge in [0, 0.05) is 12.5 Å². The Hall–Kier alpha value is -2.04. The number of benzene rings is 1. The third kappa shape index (κ3) is 6.22. The van der Waals surface area contributed by atoms with Crippen molar-refractivity contribution in [1.29, 1.82) is 0 Å². The Bertz CT molecular complexity index is 459. The van der Waals surface area contributed by atoms with E-state index < -0.39 is 5.97 Å². The summed E-state index contributed by atoms with van der Waals surface area (Å²) in [5.74, 6) is -0.236. The lowest BCUT2D eigenvalue weighted by molar-refractivity contribution is -0.137. The molecule has 0 aliphatic rings. The number of aliphatic carboxylic acids is 1. The van der Waals surface area contributed by atoms with Crippen LogP contribution in [0.3, 0.4) is 0 Å². The predicted molar refractivity (Wildman–Crippen MR) is 75.8 cm³/mol. The van der Waals surface area contributed by atoms with Gasteiger partial charge in [0.2, 0.25) is 5.91 Å². The fourth-order valence-corrected chi connectivity index (χ4v) is 1.79. The second kappa shape index (κ2) is 8.19. The lowest BCUT2D eigenvalue weighted by atomic mass is 10.2. The van der Waals surface area contributed by atoms with E-state index in [0.717, 1.165) is 11.3 Å². The number of hydrogen-bond acceptors (Lipinski definition) is 3. The average Bonchev–Trinajstić information content (AvgIpc) is 2.35. The monoisotopic (exact) mass is 279 g/mol. The molecular formula is C15H21NO4. The van der Waals surface area contributed by atoms with Crippen molar-refractivity contribution in [1.82, 2.24) is 5.32 Å². The highest BCUT2D eigenvalue weighted by Gasteiger charge is 2.10. The molecular weight excluding hydrogens is 258 g/mol. The molecule has 0 spiro atoms. The van der Waals surface area contributed by atoms with Gasteiger partial charge in [-0.1, -0.05) is 18.2 Å². The molecule has 1 aromatic rings. The van der Waals surface area contributed by atoms with Gasteiger partial charge in [0.05, 0.1) is 13.0 Å². The van der Waals surface area contributed by atoms with Crippen LogP contribution in [0.5, 0.6) is 5.75 Å². The molecule has 0 fully saturated rings. The van der Waals surface area contributed by atoms with Crippen LogP contribution in [0, 0.1) is 6.92 Å². The summed E-state index contributed by atoms with van der Waals surface area (Å²) >= 11 is 0. The molecule has 0 aromatic heterocycles. The number of para-hydroxylation sites is 1. The number of ether oxygens (including phenoxy) is 1. The van der Waals surface area contributed by atoms with Gasteiger partial charge in [0.25, 0.3) is 0 Å². The van der Waals surface area contributed by atoms with Crippen LogP contribution in [0.25, 0.3) is 0 Å². The van der Waals surface area contributed by atoms with Crippen molar-refractivity contribution in [2.75, 3.05) is 6.61 Å². The molecule has 1 rings (SSSR count). The van der Waals surface area contributed by atoms with E-state index >= 15 is 0 Å². The molecule has 1 unspecified atom stereocenters. The van der Waals surface area contributed by atoms with Crippen LogP contribution in [-0.4, -0.2) is 29.6 Å². The summed E-state index contributed by atoms with van der Waals surface area (Å²) in [4.78, 5) is 22.0. The van der Waals surface area contributed by atoms with Crippen LogP contribution in [-0.2, 0) is 9.59 Å². The first-order valence-corrected chi connectivity index (χ1v) is 6.68. The quantitative estimate of drug-likeness (QED) is 0.715. The molecule has 5 nitrogen and oxygen atoms in total. The highest BCUT2D eigenvalue weighted by Crippen LogP contribution is 2.16. The lowest BCUT2D eigenvalue weighted by Crippen LogP contribution is -2.34. The lowest BCUT2D eigenvalue weighted by Gasteiger charge is -2.12. The number of aryl methyl sites for hydroxylation is 1. The minimum absolute atomic E-state index is 0.0640. The number of amides is 1. The minimum atomic E-state index is -0.916. The highest BCUT2D eigenvalue weighted by molar-refractivity contribution is 5.77. The summed E-state index contributed by atoms with van der Waals surface area (Å²) in [7, 11) is 0. The van der Waals surface area contributed by atoms with Crippen molar-refractivity contribution in [2.45, 2.75) is 39.2 Å². The molecule has 0 aliphatic heterocycles. The van der Waals surface area contributed by atoms with Crippen molar-refractivity contribution in [3.63, 3.8) is 0 Å². The number of rotatable bonds is 8. The van der Waals surface area contributed by atoms with Gasteiger partial charge in [-0.05, 0) is 31.9 Å². The van der Waals surface area contributed by atoms with Crippen LogP contribution in [0.4, 0.5) is 0 Å². The van der Waals surface area contributed by atoms with Crippen molar-refractivity contribution < 1.29 is 19.4 Å². The number of carbonyl (C=O) groups excluding carboxylic acids is 1. The van der Waals surface area contributed by atoms with Crippen molar-refractivity contribution in [3.05, 3.63) is 29.8 Å². The highest BCUT2D eigenvalue weighted by atomic mass is 16.5. The van der Waals surface area contributed by atoms with Crippen LogP contribution >= 0.6 is 0 Å². The zero-order valence-electron chi connectivity index (χ0n) is 11.9. The normalized spacial score (nSPS) is 11.7. The zero-order chi connectivity index (χ0) is 15.0. The van der Waals surface area contributed by atoms with Gasteiger partial charge in [-0.3, -0.25) is 9.59 Å². The summed E-state index contributed by atoms with van der Waals surface area (Å²) in [6.07, 6.45) is 0.862. The van der Waals surface area contributed by atoms with Gasteiger partial charge in [-0.15, -0.1) is 0 Å².